The average molecular weight is 875 g/mol. The maximum atomic E-state index is 14.5. The van der Waals surface area contributed by atoms with Crippen LogP contribution in [-0.4, -0.2) is 51.8 Å². The van der Waals surface area contributed by atoms with E-state index in [1.165, 1.54) is 68.8 Å². The molecule has 2 aliphatic heterocycles. The minimum absolute atomic E-state index is 0.0579. The number of methoxy groups -OCH3 is 1. The number of aliphatic hydroxyl groups excluding tert-OH is 1. The number of aliphatic hydroxyl groups is 1. The quantitative estimate of drug-likeness (QED) is 0.0411. The topological polar surface area (TPSA) is 132 Å². The number of nitrogens with one attached hydrogen (secondary N) is 4. The molecule has 9 nitrogen and oxygen atoms in total. The summed E-state index contributed by atoms with van der Waals surface area (Å²) in [5.41, 5.74) is 13.0. The van der Waals surface area contributed by atoms with Gasteiger partial charge in [-0.1, -0.05) is 105 Å². The third-order valence-electron chi connectivity index (χ3n) is 14.7. The van der Waals surface area contributed by atoms with E-state index in [4.69, 9.17) is 9.47 Å². The van der Waals surface area contributed by atoms with Crippen molar-refractivity contribution in [2.45, 2.75) is 153 Å². The molecule has 0 spiro atoms. The molecule has 6 rings (SSSR count). The summed E-state index contributed by atoms with van der Waals surface area (Å²) >= 11 is 0. The molecule has 3 aromatic heterocycles. The van der Waals surface area contributed by atoms with Crippen molar-refractivity contribution in [3.8, 4) is 0 Å². The second-order valence-electron chi connectivity index (χ2n) is 19.9. The number of ketones is 1. The molecule has 6 atom stereocenters. The van der Waals surface area contributed by atoms with Gasteiger partial charge in [-0.05, 0) is 118 Å². The number of carbonyl (C=O) groups excluding carboxylic acids is 2. The van der Waals surface area contributed by atoms with Gasteiger partial charge in [-0.25, -0.2) is 0 Å². The van der Waals surface area contributed by atoms with Gasteiger partial charge in [0.05, 0.1) is 5.69 Å². The van der Waals surface area contributed by atoms with Gasteiger partial charge in [-0.2, -0.15) is 0 Å². The second kappa shape index (κ2) is 21.6. The van der Waals surface area contributed by atoms with Crippen molar-refractivity contribution >= 4 is 41.6 Å². The first-order chi connectivity index (χ1) is 30.6. The highest BCUT2D eigenvalue weighted by molar-refractivity contribution is 6.15. The molecular formula is C55H78N4O5. The van der Waals surface area contributed by atoms with Crippen molar-refractivity contribution in [1.82, 2.24) is 20.3 Å². The third-order valence-corrected chi connectivity index (χ3v) is 14.7. The molecule has 0 amide bonds. The van der Waals surface area contributed by atoms with Crippen LogP contribution < -0.4 is 16.0 Å². The highest BCUT2D eigenvalue weighted by Gasteiger charge is 2.48. The first kappa shape index (κ1) is 48.8. The van der Waals surface area contributed by atoms with Crippen molar-refractivity contribution in [3.63, 3.8) is 0 Å². The fourth-order valence-electron chi connectivity index (χ4n) is 10.5. The number of aromatic amines is 3. The number of allylic oxidation sites excluding steroid dienone is 3. The van der Waals surface area contributed by atoms with Crippen molar-refractivity contribution < 1.29 is 24.2 Å². The summed E-state index contributed by atoms with van der Waals surface area (Å²) in [4.78, 5) is 38.9. The molecule has 64 heavy (non-hydrogen) atoms. The Kier molecular flexibility index (Phi) is 16.5. The molecule has 348 valence electrons. The van der Waals surface area contributed by atoms with E-state index in [1.54, 1.807) is 0 Å². The van der Waals surface area contributed by atoms with Crippen LogP contribution in [0.4, 0.5) is 0 Å². The van der Waals surface area contributed by atoms with E-state index in [0.717, 1.165) is 92.9 Å². The number of aromatic nitrogens is 3. The number of fused-ring (bicyclic) bond motifs is 7. The van der Waals surface area contributed by atoms with Gasteiger partial charge in [0, 0.05) is 81.2 Å². The van der Waals surface area contributed by atoms with Crippen molar-refractivity contribution in [3.05, 3.63) is 96.5 Å². The van der Waals surface area contributed by atoms with Crippen LogP contribution in [0.25, 0.3) is 29.9 Å². The van der Waals surface area contributed by atoms with Gasteiger partial charge in [0.2, 0.25) is 0 Å². The normalized spacial score (nSPS) is 22.6. The molecule has 1 aliphatic carbocycles. The monoisotopic (exact) mass is 875 g/mol. The molecule has 5 heterocycles. The lowest BCUT2D eigenvalue weighted by Crippen LogP contribution is -2.29. The van der Waals surface area contributed by atoms with Crippen LogP contribution in [0.5, 0.6) is 0 Å². The van der Waals surface area contributed by atoms with Gasteiger partial charge in [-0.3, -0.25) is 9.59 Å². The van der Waals surface area contributed by atoms with E-state index >= 15 is 0 Å². The second-order valence-corrected chi connectivity index (χ2v) is 19.9. The first-order valence-electron chi connectivity index (χ1n) is 24.4. The molecule has 1 unspecified atom stereocenters. The van der Waals surface area contributed by atoms with Crippen LogP contribution in [0, 0.1) is 56.3 Å². The molecule has 0 radical (unpaired) electrons. The summed E-state index contributed by atoms with van der Waals surface area (Å²) in [6.07, 6.45) is 21.9. The Hall–Kier alpha value is -4.60. The molecular weight excluding hydrogens is 797 g/mol. The minimum atomic E-state index is -1.36. The summed E-state index contributed by atoms with van der Waals surface area (Å²) in [5, 5.41) is 17.1. The highest BCUT2D eigenvalue weighted by atomic mass is 16.6. The van der Waals surface area contributed by atoms with Gasteiger partial charge in [0.1, 0.15) is 12.5 Å². The van der Waals surface area contributed by atoms with Crippen molar-refractivity contribution in [2.24, 2.45) is 35.5 Å². The summed E-state index contributed by atoms with van der Waals surface area (Å²) in [6, 6.07) is 0. The van der Waals surface area contributed by atoms with Crippen molar-refractivity contribution in [2.75, 3.05) is 13.7 Å². The van der Waals surface area contributed by atoms with Gasteiger partial charge in [0.25, 0.3) is 0 Å². The average Bonchev–Trinajstić information content (AvgIpc) is 3.99. The smallest absolute Gasteiger partial charge is 0.306 e. The van der Waals surface area contributed by atoms with E-state index in [1.807, 2.05) is 13.0 Å². The lowest BCUT2D eigenvalue weighted by atomic mass is 9.84. The molecule has 9 heteroatoms. The molecule has 8 bridgehead atoms. The van der Waals surface area contributed by atoms with Crippen LogP contribution in [0.3, 0.4) is 0 Å². The molecule has 3 aliphatic rings. The third kappa shape index (κ3) is 10.7. The zero-order valence-corrected chi connectivity index (χ0v) is 40.9. The summed E-state index contributed by atoms with van der Waals surface area (Å²) < 4.78 is 11.3. The molecule has 0 saturated carbocycles. The van der Waals surface area contributed by atoms with Crippen LogP contribution in [-0.2, 0) is 20.7 Å². The standard InChI is InChI=1S/C55H78N4O5/c1-13-39-35(8)42-28-44-37(10)41(24-25-48(60)64-27-26-34(7)23-17-22-33(6)21-16-20-32(5)19-15-18-31(3)4)52(58-44)50-51(55(62)63-12)54(61)49-38(11)45(59-53(49)50)30-47-40(14-2)36(9)43(57-47)29-46(39)56-42/h13,26,28-33,37,41,51,55-59,62H,1,14-25,27H2,2-12H3/b34-26-,43-29-,44-28-,47-30-,52-50-/t32-,33-,37+,41+,51-,55?/m1/s1. The Morgan fingerprint density at radius 2 is 1.52 bits per heavy atom. The minimum Gasteiger partial charge on any atom is -0.461 e. The molecule has 5 N–H and O–H groups in total. The number of hydrogen-bond acceptors (Lipinski definition) is 6. The lowest BCUT2D eigenvalue weighted by molar-refractivity contribution is -0.142. The molecule has 3 aromatic rings. The number of esters is 1. The maximum absolute atomic E-state index is 14.5. The van der Waals surface area contributed by atoms with Crippen LogP contribution in [0.1, 0.15) is 180 Å². The van der Waals surface area contributed by atoms with Crippen LogP contribution in [0.2, 0.25) is 0 Å². The zero-order chi connectivity index (χ0) is 46.4. The van der Waals surface area contributed by atoms with Gasteiger partial charge >= 0.3 is 5.97 Å². The predicted molar refractivity (Wildman–Crippen MR) is 263 cm³/mol. The van der Waals surface area contributed by atoms with E-state index in [-0.39, 0.29) is 36.6 Å². The Labute approximate surface area is 383 Å². The maximum Gasteiger partial charge on any atom is 0.306 e. The number of H-pyrrole nitrogens is 3. The van der Waals surface area contributed by atoms with Crippen molar-refractivity contribution in [1.29, 1.82) is 0 Å². The number of carbonyl (C=O) groups is 2. The van der Waals surface area contributed by atoms with E-state index in [2.05, 4.69) is 113 Å². The first-order valence-corrected chi connectivity index (χ1v) is 24.4. The largest absolute Gasteiger partial charge is 0.461 e. The fraction of sp³-hybridized carbons (Fsp3) is 0.564. The number of ether oxygens (including phenoxy) is 2. The Morgan fingerprint density at radius 3 is 2.17 bits per heavy atom. The molecule has 1 fully saturated rings. The Bertz CT molecular complexity index is 2400. The van der Waals surface area contributed by atoms with Crippen LogP contribution >= 0.6 is 0 Å². The lowest BCUT2D eigenvalue weighted by Gasteiger charge is -2.23. The number of rotatable bonds is 21. The summed E-state index contributed by atoms with van der Waals surface area (Å²) in [6.45, 7) is 26.5. The predicted octanol–water partition coefficient (Wildman–Crippen LogP) is 10.9. The van der Waals surface area contributed by atoms with Gasteiger partial charge < -0.3 is 34.8 Å². The number of hydrogen-bond donors (Lipinski definition) is 5. The van der Waals surface area contributed by atoms with Gasteiger partial charge in [-0.15, -0.1) is 0 Å². The Morgan fingerprint density at radius 1 is 0.859 bits per heavy atom. The zero-order valence-electron chi connectivity index (χ0n) is 40.9. The highest BCUT2D eigenvalue weighted by Crippen LogP contribution is 2.49. The summed E-state index contributed by atoms with van der Waals surface area (Å²) in [5.74, 6) is 0.724. The van der Waals surface area contributed by atoms with E-state index < -0.39 is 12.2 Å². The summed E-state index contributed by atoms with van der Waals surface area (Å²) in [7, 11) is 1.42. The van der Waals surface area contributed by atoms with E-state index in [0.29, 0.717) is 23.3 Å². The molecule has 1 saturated heterocycles. The number of Topliss-reactive ketones (excluding diaryl/α,β-unsaturated/α-hetero) is 1. The van der Waals surface area contributed by atoms with E-state index in [9.17, 15) is 14.7 Å². The Balaban J connectivity index is 1.21. The SMILES string of the molecule is C=Cc1c2[nH]c(c1C)/C=C1\N/C(=C3\c4[nH]c(c(C)c4C(=O)[C@@H]3C(O)OC)/C=c3\[nH]/c(c(C)c3CC)=C\2)[C@@H](CCC(=O)OC/C=C(/C)CCC[C@H](C)CCC[C@H](C)CCCC(C)C)[C@@H]1C. The molecule has 0 aromatic carbocycles. The fourth-order valence-corrected chi connectivity index (χ4v) is 10.5. The van der Waals surface area contributed by atoms with Crippen LogP contribution in [0.15, 0.2) is 29.6 Å². The van der Waals surface area contributed by atoms with Gasteiger partial charge in [0.15, 0.2) is 12.1 Å².